The zero-order valence-corrected chi connectivity index (χ0v) is 12.8. The van der Waals surface area contributed by atoms with Gasteiger partial charge in [-0.15, -0.1) is 10.2 Å². The zero-order valence-electron chi connectivity index (χ0n) is 12.0. The number of nitrogens with zero attached hydrogens (tertiary/aromatic N) is 4. The number of carbonyl (C=O) groups is 1. The first kappa shape index (κ1) is 14.5. The maximum atomic E-state index is 11.9. The van der Waals surface area contributed by atoms with Crippen LogP contribution in [0, 0.1) is 0 Å². The van der Waals surface area contributed by atoms with E-state index < -0.39 is 0 Å². The maximum absolute atomic E-state index is 11.9. The normalized spacial score (nSPS) is 10.8. The number of carbonyl (C=O) groups excluding carboxylic acids is 1. The van der Waals surface area contributed by atoms with Crippen molar-refractivity contribution in [1.29, 1.82) is 0 Å². The Morgan fingerprint density at radius 3 is 3.09 bits per heavy atom. The Morgan fingerprint density at radius 2 is 2.27 bits per heavy atom. The molecule has 3 aromatic rings. The van der Waals surface area contributed by atoms with Crippen LogP contribution in [-0.2, 0) is 17.8 Å². The predicted octanol–water partition coefficient (Wildman–Crippen LogP) is 1.44. The number of ether oxygens (including phenoxy) is 1. The summed E-state index contributed by atoms with van der Waals surface area (Å²) < 4.78 is 6.87. The molecule has 0 saturated heterocycles. The summed E-state index contributed by atoms with van der Waals surface area (Å²) in [5.74, 6) is 0.792. The van der Waals surface area contributed by atoms with Crippen molar-refractivity contribution < 1.29 is 9.53 Å². The highest BCUT2D eigenvalue weighted by molar-refractivity contribution is 7.16. The summed E-state index contributed by atoms with van der Waals surface area (Å²) in [6.07, 6.45) is 2.59. The second kappa shape index (κ2) is 6.52. The molecule has 1 amide bonds. The molecule has 22 heavy (non-hydrogen) atoms. The molecule has 0 unspecified atom stereocenters. The molecule has 0 saturated carbocycles. The van der Waals surface area contributed by atoms with E-state index in [0.29, 0.717) is 19.4 Å². The molecule has 3 rings (SSSR count). The highest BCUT2D eigenvalue weighted by atomic mass is 32.1. The number of hydrogen-bond donors (Lipinski definition) is 1. The number of aromatic nitrogens is 4. The van der Waals surface area contributed by atoms with Crippen LogP contribution >= 0.6 is 11.3 Å². The Balaban J connectivity index is 1.51. The molecule has 2 heterocycles. The van der Waals surface area contributed by atoms with Crippen molar-refractivity contribution in [3.8, 4) is 5.75 Å². The molecular formula is C14H15N5O2S. The number of amides is 1. The van der Waals surface area contributed by atoms with E-state index in [1.165, 1.54) is 11.3 Å². The quantitative estimate of drug-likeness (QED) is 0.744. The van der Waals surface area contributed by atoms with Crippen molar-refractivity contribution >= 4 is 22.2 Å². The second-order valence-corrected chi connectivity index (χ2v) is 5.68. The van der Waals surface area contributed by atoms with Crippen LogP contribution in [0.15, 0.2) is 30.6 Å². The third kappa shape index (κ3) is 3.22. The minimum absolute atomic E-state index is 0.0168. The summed E-state index contributed by atoms with van der Waals surface area (Å²) in [6.45, 7) is 0.402. The third-order valence-corrected chi connectivity index (χ3v) is 4.09. The number of benzene rings is 1. The molecule has 7 nitrogen and oxygen atoms in total. The number of hydrogen-bond acceptors (Lipinski definition) is 6. The topological polar surface area (TPSA) is 81.4 Å². The molecule has 2 aromatic heterocycles. The summed E-state index contributed by atoms with van der Waals surface area (Å²) in [6, 6.07) is 7.72. The molecule has 0 aliphatic rings. The van der Waals surface area contributed by atoms with Crippen LogP contribution in [-0.4, -0.2) is 32.8 Å². The second-order valence-electron chi connectivity index (χ2n) is 4.64. The van der Waals surface area contributed by atoms with Gasteiger partial charge in [0, 0.05) is 6.42 Å². The summed E-state index contributed by atoms with van der Waals surface area (Å²) in [7, 11) is 1.63. The smallest absolute Gasteiger partial charge is 0.234 e. The van der Waals surface area contributed by atoms with Gasteiger partial charge in [0.05, 0.1) is 13.7 Å². The fourth-order valence-corrected chi connectivity index (χ4v) is 2.85. The summed E-state index contributed by atoms with van der Waals surface area (Å²) >= 11 is 1.41. The van der Waals surface area contributed by atoms with E-state index in [1.54, 1.807) is 18.0 Å². The lowest BCUT2D eigenvalue weighted by atomic mass is 10.1. The molecule has 0 atom stereocenters. The van der Waals surface area contributed by atoms with Gasteiger partial charge in [-0.05, 0) is 18.1 Å². The van der Waals surface area contributed by atoms with E-state index >= 15 is 0 Å². The zero-order chi connectivity index (χ0) is 15.4. The number of methoxy groups -OCH3 is 1. The summed E-state index contributed by atoms with van der Waals surface area (Å²) in [5, 5.41) is 15.6. The van der Waals surface area contributed by atoms with Gasteiger partial charge in [-0.3, -0.25) is 4.79 Å². The number of para-hydroxylation sites is 1. The third-order valence-electron chi connectivity index (χ3n) is 3.18. The Labute approximate surface area is 130 Å². The van der Waals surface area contributed by atoms with Crippen molar-refractivity contribution in [3.63, 3.8) is 0 Å². The SMILES string of the molecule is COc1ccccc1CCC(=O)NCc1nn2cnnc2s1. The molecule has 0 aliphatic carbocycles. The van der Waals surface area contributed by atoms with E-state index in [0.717, 1.165) is 21.3 Å². The van der Waals surface area contributed by atoms with Gasteiger partial charge >= 0.3 is 0 Å². The van der Waals surface area contributed by atoms with Crippen molar-refractivity contribution in [2.75, 3.05) is 7.11 Å². The molecule has 0 bridgehead atoms. The van der Waals surface area contributed by atoms with Crippen LogP contribution in [0.4, 0.5) is 0 Å². The molecule has 114 valence electrons. The maximum Gasteiger partial charge on any atom is 0.234 e. The van der Waals surface area contributed by atoms with Crippen LogP contribution in [0.25, 0.3) is 4.96 Å². The molecule has 0 fully saturated rings. The highest BCUT2D eigenvalue weighted by Gasteiger charge is 2.09. The first-order valence-corrected chi connectivity index (χ1v) is 7.62. The van der Waals surface area contributed by atoms with E-state index in [9.17, 15) is 4.79 Å². The number of nitrogens with one attached hydrogen (secondary N) is 1. The van der Waals surface area contributed by atoms with E-state index in [-0.39, 0.29) is 5.91 Å². The van der Waals surface area contributed by atoms with Gasteiger partial charge in [-0.2, -0.15) is 9.61 Å². The van der Waals surface area contributed by atoms with Crippen LogP contribution in [0.5, 0.6) is 5.75 Å². The van der Waals surface area contributed by atoms with Crippen molar-refractivity contribution in [2.24, 2.45) is 0 Å². The molecule has 0 radical (unpaired) electrons. The summed E-state index contributed by atoms with van der Waals surface area (Å²) in [5.41, 5.74) is 1.03. The fraction of sp³-hybridized carbons (Fsp3) is 0.286. The van der Waals surface area contributed by atoms with E-state index in [2.05, 4.69) is 20.6 Å². The molecule has 1 aromatic carbocycles. The Kier molecular flexibility index (Phi) is 4.29. The minimum Gasteiger partial charge on any atom is -0.496 e. The summed E-state index contributed by atoms with van der Waals surface area (Å²) in [4.78, 5) is 12.7. The van der Waals surface area contributed by atoms with Crippen LogP contribution in [0.1, 0.15) is 17.0 Å². The minimum atomic E-state index is -0.0168. The Hall–Kier alpha value is -2.48. The standard InChI is InChI=1S/C14H15N5O2S/c1-21-11-5-3-2-4-10(11)6-7-12(20)15-8-13-18-19-9-16-17-14(19)22-13/h2-5,9H,6-8H2,1H3,(H,15,20). The average molecular weight is 317 g/mol. The number of aryl methyl sites for hydroxylation is 1. The fourth-order valence-electron chi connectivity index (χ4n) is 2.09. The molecule has 1 N–H and O–H groups in total. The van der Waals surface area contributed by atoms with Gasteiger partial charge in [0.15, 0.2) is 0 Å². The molecular weight excluding hydrogens is 302 g/mol. The van der Waals surface area contributed by atoms with Gasteiger partial charge < -0.3 is 10.1 Å². The van der Waals surface area contributed by atoms with E-state index in [4.69, 9.17) is 4.74 Å². The van der Waals surface area contributed by atoms with Crippen molar-refractivity contribution in [1.82, 2.24) is 25.1 Å². The molecule has 8 heteroatoms. The molecule has 0 aliphatic heterocycles. The van der Waals surface area contributed by atoms with Crippen molar-refractivity contribution in [3.05, 3.63) is 41.2 Å². The number of rotatable bonds is 6. The Morgan fingerprint density at radius 1 is 1.41 bits per heavy atom. The lowest BCUT2D eigenvalue weighted by molar-refractivity contribution is -0.121. The average Bonchev–Trinajstić information content (AvgIpc) is 3.12. The molecule has 0 spiro atoms. The lowest BCUT2D eigenvalue weighted by Gasteiger charge is -2.07. The van der Waals surface area contributed by atoms with Gasteiger partial charge in [-0.1, -0.05) is 29.5 Å². The van der Waals surface area contributed by atoms with E-state index in [1.807, 2.05) is 24.3 Å². The van der Waals surface area contributed by atoms with Gasteiger partial charge in [0.1, 0.15) is 17.1 Å². The van der Waals surface area contributed by atoms with Gasteiger partial charge in [0.25, 0.3) is 0 Å². The van der Waals surface area contributed by atoms with Crippen LogP contribution in [0.2, 0.25) is 0 Å². The first-order valence-electron chi connectivity index (χ1n) is 6.80. The number of fused-ring (bicyclic) bond motifs is 1. The van der Waals surface area contributed by atoms with Crippen molar-refractivity contribution in [2.45, 2.75) is 19.4 Å². The highest BCUT2D eigenvalue weighted by Crippen LogP contribution is 2.18. The first-order chi connectivity index (χ1) is 10.8. The monoisotopic (exact) mass is 317 g/mol. The van der Waals surface area contributed by atoms with Gasteiger partial charge in [0.2, 0.25) is 10.9 Å². The van der Waals surface area contributed by atoms with Gasteiger partial charge in [-0.25, -0.2) is 0 Å². The predicted molar refractivity (Wildman–Crippen MR) is 81.8 cm³/mol. The van der Waals surface area contributed by atoms with Crippen LogP contribution in [0.3, 0.4) is 0 Å². The lowest BCUT2D eigenvalue weighted by Crippen LogP contribution is -2.23. The largest absolute Gasteiger partial charge is 0.496 e. The Bertz CT molecular complexity index is 754. The van der Waals surface area contributed by atoms with Crippen LogP contribution < -0.4 is 10.1 Å².